The highest BCUT2D eigenvalue weighted by Crippen LogP contribution is 2.24. The lowest BCUT2D eigenvalue weighted by Crippen LogP contribution is -2.19. The van der Waals surface area contributed by atoms with Crippen LogP contribution < -0.4 is 4.90 Å². The average molecular weight is 355 g/mol. The van der Waals surface area contributed by atoms with Crippen molar-refractivity contribution in [2.45, 2.75) is 12.8 Å². The van der Waals surface area contributed by atoms with Crippen molar-refractivity contribution in [3.05, 3.63) is 59.3 Å². The van der Waals surface area contributed by atoms with Gasteiger partial charge in [0.2, 0.25) is 0 Å². The Labute approximate surface area is 147 Å². The van der Waals surface area contributed by atoms with Crippen molar-refractivity contribution in [1.82, 2.24) is 9.97 Å². The number of fused-ring (bicyclic) bond motifs is 1. The van der Waals surface area contributed by atoms with Crippen LogP contribution in [0.3, 0.4) is 0 Å². The van der Waals surface area contributed by atoms with E-state index in [9.17, 15) is 18.7 Å². The van der Waals surface area contributed by atoms with Crippen molar-refractivity contribution in [2.24, 2.45) is 0 Å². The number of aromatic nitrogens is 2. The van der Waals surface area contributed by atoms with Gasteiger partial charge in [-0.25, -0.2) is 13.8 Å². The number of rotatable bonds is 3. The number of hydrogen-bond donors (Lipinski definition) is 1. The molecule has 1 aliphatic rings. The molecule has 1 fully saturated rings. The predicted octanol–water partition coefficient (Wildman–Crippen LogP) is 3.44. The summed E-state index contributed by atoms with van der Waals surface area (Å²) in [5.41, 5.74) is 0.730. The van der Waals surface area contributed by atoms with Crippen LogP contribution in [0, 0.1) is 11.6 Å². The van der Waals surface area contributed by atoms with Crippen molar-refractivity contribution in [3.8, 4) is 5.75 Å². The molecule has 1 aliphatic heterocycles. The zero-order valence-corrected chi connectivity index (χ0v) is 13.7. The van der Waals surface area contributed by atoms with Gasteiger partial charge in [0.05, 0.1) is 22.8 Å². The smallest absolute Gasteiger partial charge is 0.196 e. The Morgan fingerprint density at radius 1 is 1.08 bits per heavy atom. The highest BCUT2D eigenvalue weighted by atomic mass is 19.2. The van der Waals surface area contributed by atoms with Crippen molar-refractivity contribution < 1.29 is 18.7 Å². The summed E-state index contributed by atoms with van der Waals surface area (Å²) in [6.45, 7) is 1.82. The molecule has 0 saturated carbocycles. The van der Waals surface area contributed by atoms with Gasteiger partial charge in [-0.15, -0.1) is 0 Å². The van der Waals surface area contributed by atoms with E-state index in [1.54, 1.807) is 12.3 Å². The van der Waals surface area contributed by atoms with Gasteiger partial charge in [0, 0.05) is 24.7 Å². The maximum atomic E-state index is 14.0. The van der Waals surface area contributed by atoms with Crippen LogP contribution in [0.2, 0.25) is 0 Å². The Kier molecular flexibility index (Phi) is 3.99. The topological polar surface area (TPSA) is 66.3 Å². The molecular formula is C19H15F2N3O2. The molecule has 26 heavy (non-hydrogen) atoms. The third kappa shape index (κ3) is 2.85. The minimum atomic E-state index is -1.29. The summed E-state index contributed by atoms with van der Waals surface area (Å²) in [5.74, 6) is -3.07. The molecule has 1 saturated heterocycles. The number of ketones is 1. The first kappa shape index (κ1) is 16.4. The molecule has 2 aromatic carbocycles. The highest BCUT2D eigenvalue weighted by molar-refractivity contribution is 6.10. The third-order valence-corrected chi connectivity index (χ3v) is 4.48. The van der Waals surface area contributed by atoms with Gasteiger partial charge in [-0.05, 0) is 37.1 Å². The third-order valence-electron chi connectivity index (χ3n) is 4.48. The lowest BCUT2D eigenvalue weighted by Gasteiger charge is -2.16. The molecule has 4 rings (SSSR count). The summed E-state index contributed by atoms with van der Waals surface area (Å²) in [4.78, 5) is 23.6. The van der Waals surface area contributed by atoms with Gasteiger partial charge in [-0.1, -0.05) is 0 Å². The van der Waals surface area contributed by atoms with Gasteiger partial charge in [-0.3, -0.25) is 9.78 Å². The fourth-order valence-corrected chi connectivity index (χ4v) is 3.14. The van der Waals surface area contributed by atoms with E-state index in [0.29, 0.717) is 17.1 Å². The number of halogens is 2. The molecule has 0 bridgehead atoms. The van der Waals surface area contributed by atoms with Crippen LogP contribution in [0.25, 0.3) is 11.0 Å². The first-order valence-corrected chi connectivity index (χ1v) is 8.27. The number of aromatic hydroxyl groups is 1. The Morgan fingerprint density at radius 3 is 2.62 bits per heavy atom. The largest absolute Gasteiger partial charge is 0.508 e. The lowest BCUT2D eigenvalue weighted by molar-refractivity contribution is 0.103. The maximum Gasteiger partial charge on any atom is 0.196 e. The first-order valence-electron chi connectivity index (χ1n) is 8.27. The molecule has 0 atom stereocenters. The molecule has 3 aromatic rings. The molecule has 5 nitrogen and oxygen atoms in total. The number of anilines is 1. The average Bonchev–Trinajstić information content (AvgIpc) is 3.18. The first-order chi connectivity index (χ1) is 12.5. The van der Waals surface area contributed by atoms with Crippen LogP contribution in [-0.2, 0) is 0 Å². The van der Waals surface area contributed by atoms with Gasteiger partial charge in [0.25, 0.3) is 0 Å². The van der Waals surface area contributed by atoms with E-state index in [1.165, 1.54) is 12.1 Å². The fraction of sp³-hybridized carbons (Fsp3) is 0.211. The predicted molar refractivity (Wildman–Crippen MR) is 92.4 cm³/mol. The molecule has 0 spiro atoms. The summed E-state index contributed by atoms with van der Waals surface area (Å²) in [6, 6.07) is 6.14. The molecule has 0 radical (unpaired) electrons. The minimum absolute atomic E-state index is 0.147. The van der Waals surface area contributed by atoms with Gasteiger partial charge in [-0.2, -0.15) is 0 Å². The summed E-state index contributed by atoms with van der Waals surface area (Å²) in [7, 11) is 0. The summed E-state index contributed by atoms with van der Waals surface area (Å²) in [6.07, 6.45) is 3.89. The molecule has 1 N–H and O–H groups in total. The number of phenols is 1. The Bertz CT molecular complexity index is 1020. The lowest BCUT2D eigenvalue weighted by atomic mass is 10.0. The SMILES string of the molecule is O=C(c1ccc2ncc(N3CCCC3)nc2c1)c1cc(O)cc(F)c1F. The standard InChI is InChI=1S/C19H15F2N3O2/c20-14-9-12(25)8-13(18(14)21)19(26)11-3-4-15-16(7-11)23-17(10-22-15)24-5-1-2-6-24/h3-4,7-10,25H,1-2,5-6H2. The monoisotopic (exact) mass is 355 g/mol. The van der Waals surface area contributed by atoms with Crippen molar-refractivity contribution in [3.63, 3.8) is 0 Å². The summed E-state index contributed by atoms with van der Waals surface area (Å²) >= 11 is 0. The number of nitrogens with zero attached hydrogens (tertiary/aromatic N) is 3. The van der Waals surface area contributed by atoms with Crippen LogP contribution in [0.4, 0.5) is 14.6 Å². The van der Waals surface area contributed by atoms with E-state index in [1.807, 2.05) is 0 Å². The summed E-state index contributed by atoms with van der Waals surface area (Å²) < 4.78 is 27.4. The molecule has 0 amide bonds. The second-order valence-electron chi connectivity index (χ2n) is 6.24. The second-order valence-corrected chi connectivity index (χ2v) is 6.24. The zero-order chi connectivity index (χ0) is 18.3. The molecule has 7 heteroatoms. The van der Waals surface area contributed by atoms with Crippen LogP contribution in [0.15, 0.2) is 36.5 Å². The number of phenolic OH excluding ortho intramolecular Hbond substituents is 1. The van der Waals surface area contributed by atoms with Gasteiger partial charge < -0.3 is 10.0 Å². The number of hydrogen-bond acceptors (Lipinski definition) is 5. The molecule has 0 aliphatic carbocycles. The molecule has 2 heterocycles. The number of carbonyl (C=O) groups is 1. The van der Waals surface area contributed by atoms with Gasteiger partial charge >= 0.3 is 0 Å². The quantitative estimate of drug-likeness (QED) is 0.729. The molecular weight excluding hydrogens is 340 g/mol. The van der Waals surface area contributed by atoms with Crippen LogP contribution in [0.1, 0.15) is 28.8 Å². The van der Waals surface area contributed by atoms with Crippen LogP contribution in [-0.4, -0.2) is 33.9 Å². The van der Waals surface area contributed by atoms with Crippen molar-refractivity contribution >= 4 is 22.6 Å². The molecule has 0 unspecified atom stereocenters. The minimum Gasteiger partial charge on any atom is -0.508 e. The van der Waals surface area contributed by atoms with E-state index in [0.717, 1.165) is 37.8 Å². The Hall–Kier alpha value is -3.09. The number of benzene rings is 2. The molecule has 132 valence electrons. The fourth-order valence-electron chi connectivity index (χ4n) is 3.14. The van der Waals surface area contributed by atoms with E-state index >= 15 is 0 Å². The van der Waals surface area contributed by atoms with E-state index in [2.05, 4.69) is 14.9 Å². The second kappa shape index (κ2) is 6.33. The van der Waals surface area contributed by atoms with E-state index in [4.69, 9.17) is 0 Å². The summed E-state index contributed by atoms with van der Waals surface area (Å²) in [5, 5.41) is 9.46. The van der Waals surface area contributed by atoms with E-state index in [-0.39, 0.29) is 5.56 Å². The Balaban J connectivity index is 1.75. The number of carbonyl (C=O) groups excluding carboxylic acids is 1. The van der Waals surface area contributed by atoms with Crippen molar-refractivity contribution in [2.75, 3.05) is 18.0 Å². The Morgan fingerprint density at radius 2 is 1.85 bits per heavy atom. The van der Waals surface area contributed by atoms with Crippen LogP contribution >= 0.6 is 0 Å². The van der Waals surface area contributed by atoms with Crippen LogP contribution in [0.5, 0.6) is 5.75 Å². The van der Waals surface area contributed by atoms with Gasteiger partial charge in [0.1, 0.15) is 11.6 Å². The molecule has 1 aromatic heterocycles. The van der Waals surface area contributed by atoms with Gasteiger partial charge in [0.15, 0.2) is 17.4 Å². The van der Waals surface area contributed by atoms with Crippen molar-refractivity contribution in [1.29, 1.82) is 0 Å². The highest BCUT2D eigenvalue weighted by Gasteiger charge is 2.20. The maximum absolute atomic E-state index is 14.0. The van der Waals surface area contributed by atoms with E-state index < -0.39 is 28.7 Å². The normalized spacial score (nSPS) is 14.2. The zero-order valence-electron chi connectivity index (χ0n) is 13.7.